The van der Waals surface area contributed by atoms with Crippen LogP contribution in [-0.2, 0) is 0 Å². The van der Waals surface area contributed by atoms with Crippen LogP contribution in [0.25, 0.3) is 97.0 Å². The highest BCUT2D eigenvalue weighted by Crippen LogP contribution is 2.49. The van der Waals surface area contributed by atoms with Gasteiger partial charge in [0.1, 0.15) is 0 Å². The molecule has 0 aliphatic rings. The van der Waals surface area contributed by atoms with E-state index in [2.05, 4.69) is 241 Å². The smallest absolute Gasteiger partial charge is 0.0640 e. The molecule has 0 amide bonds. The Hall–Kier alpha value is -7.78. The summed E-state index contributed by atoms with van der Waals surface area (Å²) in [4.78, 5) is 2.48. The second-order valence-corrected chi connectivity index (χ2v) is 17.0. The Bertz CT molecular complexity index is 3610. The van der Waals surface area contributed by atoms with E-state index in [-0.39, 0.29) is 0 Å². The predicted octanol–water partition coefficient (Wildman–Crippen LogP) is 17.7. The molecule has 0 saturated heterocycles. The molecular formula is C60H39NS. The maximum Gasteiger partial charge on any atom is 0.0640 e. The van der Waals surface area contributed by atoms with E-state index in [0.29, 0.717) is 0 Å². The molecule has 0 fully saturated rings. The molecule has 0 spiro atoms. The van der Waals surface area contributed by atoms with Gasteiger partial charge in [-0.25, -0.2) is 0 Å². The Morgan fingerprint density at radius 3 is 1.52 bits per heavy atom. The highest BCUT2D eigenvalue weighted by atomic mass is 32.1. The number of fused-ring (bicyclic) bond motifs is 7. The van der Waals surface area contributed by atoms with Crippen molar-refractivity contribution in [2.24, 2.45) is 0 Å². The first-order valence-corrected chi connectivity index (χ1v) is 22.1. The molecule has 0 atom stereocenters. The summed E-state index contributed by atoms with van der Waals surface area (Å²) in [6.45, 7) is 0. The van der Waals surface area contributed by atoms with Crippen LogP contribution in [0.5, 0.6) is 0 Å². The van der Waals surface area contributed by atoms with Crippen LogP contribution in [0.1, 0.15) is 0 Å². The van der Waals surface area contributed by atoms with E-state index in [9.17, 15) is 0 Å². The number of thiophene rings is 1. The highest BCUT2D eigenvalue weighted by molar-refractivity contribution is 7.26. The summed E-state index contributed by atoms with van der Waals surface area (Å²) in [6.07, 6.45) is 0. The number of anilines is 3. The molecule has 2 heteroatoms. The summed E-state index contributed by atoms with van der Waals surface area (Å²) in [7, 11) is 0. The third-order valence-electron chi connectivity index (χ3n) is 12.5. The van der Waals surface area contributed by atoms with Crippen LogP contribution in [0.2, 0.25) is 0 Å². The van der Waals surface area contributed by atoms with Crippen molar-refractivity contribution in [3.63, 3.8) is 0 Å². The maximum absolute atomic E-state index is 2.48. The van der Waals surface area contributed by atoms with E-state index in [4.69, 9.17) is 0 Å². The van der Waals surface area contributed by atoms with Crippen LogP contribution in [0.3, 0.4) is 0 Å². The van der Waals surface area contributed by atoms with E-state index in [1.165, 1.54) is 103 Å². The van der Waals surface area contributed by atoms with Crippen LogP contribution in [0.4, 0.5) is 17.1 Å². The van der Waals surface area contributed by atoms with Crippen molar-refractivity contribution in [2.75, 3.05) is 4.90 Å². The minimum Gasteiger partial charge on any atom is -0.308 e. The summed E-state index contributed by atoms with van der Waals surface area (Å²) >= 11 is 1.87. The first kappa shape index (κ1) is 36.1. The molecule has 11 aromatic carbocycles. The van der Waals surface area contributed by atoms with Gasteiger partial charge in [0.25, 0.3) is 0 Å². The van der Waals surface area contributed by atoms with E-state index in [0.717, 1.165) is 11.4 Å². The summed E-state index contributed by atoms with van der Waals surface area (Å²) < 4.78 is 2.57. The van der Waals surface area contributed by atoms with E-state index >= 15 is 0 Å². The maximum atomic E-state index is 2.48. The molecule has 0 saturated carbocycles. The monoisotopic (exact) mass is 805 g/mol. The highest BCUT2D eigenvalue weighted by Gasteiger charge is 2.22. The Morgan fingerprint density at radius 1 is 0.274 bits per heavy atom. The average molecular weight is 806 g/mol. The van der Waals surface area contributed by atoms with E-state index in [1.807, 2.05) is 11.3 Å². The lowest BCUT2D eigenvalue weighted by molar-refractivity contribution is 1.32. The number of benzene rings is 11. The van der Waals surface area contributed by atoms with Gasteiger partial charge in [-0.2, -0.15) is 0 Å². The molecule has 0 unspecified atom stereocenters. The van der Waals surface area contributed by atoms with Crippen molar-refractivity contribution in [2.45, 2.75) is 0 Å². The van der Waals surface area contributed by atoms with Gasteiger partial charge in [-0.1, -0.05) is 200 Å². The van der Waals surface area contributed by atoms with Gasteiger partial charge in [-0.05, 0) is 108 Å². The number of hydrogen-bond acceptors (Lipinski definition) is 2. The largest absolute Gasteiger partial charge is 0.308 e. The molecule has 290 valence electrons. The molecule has 0 aliphatic heterocycles. The molecule has 0 aliphatic carbocycles. The van der Waals surface area contributed by atoms with Crippen LogP contribution >= 0.6 is 11.3 Å². The number of hydrogen-bond donors (Lipinski definition) is 0. The van der Waals surface area contributed by atoms with Crippen molar-refractivity contribution < 1.29 is 0 Å². The summed E-state index contributed by atoms with van der Waals surface area (Å²) in [5.74, 6) is 0. The Labute approximate surface area is 365 Å². The average Bonchev–Trinajstić information content (AvgIpc) is 3.74. The zero-order chi connectivity index (χ0) is 41.0. The van der Waals surface area contributed by atoms with Gasteiger partial charge in [0.05, 0.1) is 16.1 Å². The fraction of sp³-hybridized carbons (Fsp3) is 0. The number of rotatable bonds is 7. The van der Waals surface area contributed by atoms with Crippen LogP contribution < -0.4 is 4.90 Å². The minimum atomic E-state index is 1.11. The van der Waals surface area contributed by atoms with Crippen LogP contribution in [0.15, 0.2) is 237 Å². The second kappa shape index (κ2) is 15.0. The molecule has 1 nitrogen and oxygen atoms in total. The number of nitrogens with zero attached hydrogens (tertiary/aromatic N) is 1. The lowest BCUT2D eigenvalue weighted by atomic mass is 9.84. The Kier molecular flexibility index (Phi) is 8.76. The standard InChI is InChI=1S/C60H39NS/c1-4-17-41(18-5-1)46-37-38-55(50-25-12-10-23-47(46)50)61(56-29-16-28-53-51-26-14-15-30-57(51)62-60(53)56)45-34-31-40(32-35-45)44-33-36-49-48-24-11-13-27-52(48)58(42-19-6-2-7-20-42)59(54(49)39-44)43-21-8-3-9-22-43/h1-39H. The van der Waals surface area contributed by atoms with Gasteiger partial charge < -0.3 is 4.90 Å². The lowest BCUT2D eigenvalue weighted by Crippen LogP contribution is -2.10. The van der Waals surface area contributed by atoms with Gasteiger partial charge in [0.2, 0.25) is 0 Å². The predicted molar refractivity (Wildman–Crippen MR) is 268 cm³/mol. The normalized spacial score (nSPS) is 11.5. The lowest BCUT2D eigenvalue weighted by Gasteiger charge is -2.28. The zero-order valence-corrected chi connectivity index (χ0v) is 34.7. The van der Waals surface area contributed by atoms with Crippen LogP contribution in [-0.4, -0.2) is 0 Å². The van der Waals surface area contributed by atoms with Crippen molar-refractivity contribution in [3.05, 3.63) is 237 Å². The summed E-state index contributed by atoms with van der Waals surface area (Å²) in [5, 5.41) is 10.0. The third kappa shape index (κ3) is 5.99. The van der Waals surface area contributed by atoms with Gasteiger partial charge >= 0.3 is 0 Å². The molecule has 0 radical (unpaired) electrons. The SMILES string of the molecule is c1ccc(-c2ccc(N(c3ccc(-c4ccc5c(c4)c(-c4ccccc4)c(-c4ccccc4)c4ccccc45)cc3)c3cccc4c3sc3ccccc34)c3ccccc23)cc1. The van der Waals surface area contributed by atoms with Gasteiger partial charge in [-0.3, -0.25) is 0 Å². The Morgan fingerprint density at radius 2 is 0.806 bits per heavy atom. The van der Waals surface area contributed by atoms with Crippen molar-refractivity contribution in [3.8, 4) is 44.5 Å². The molecule has 12 aromatic rings. The molecule has 0 bridgehead atoms. The topological polar surface area (TPSA) is 3.24 Å². The van der Waals surface area contributed by atoms with Crippen molar-refractivity contribution >= 4 is 80.9 Å². The van der Waals surface area contributed by atoms with E-state index in [1.54, 1.807) is 0 Å². The summed E-state index contributed by atoms with van der Waals surface area (Å²) in [5.41, 5.74) is 13.2. The van der Waals surface area contributed by atoms with Gasteiger partial charge in [-0.15, -0.1) is 11.3 Å². The molecule has 12 rings (SSSR count). The molecule has 1 heterocycles. The second-order valence-electron chi connectivity index (χ2n) is 16.0. The molecule has 0 N–H and O–H groups in total. The van der Waals surface area contributed by atoms with Crippen LogP contribution in [0, 0.1) is 0 Å². The molecule has 1 aromatic heterocycles. The first-order valence-electron chi connectivity index (χ1n) is 21.3. The van der Waals surface area contributed by atoms with Gasteiger partial charge in [0, 0.05) is 26.5 Å². The Balaban J connectivity index is 1.06. The van der Waals surface area contributed by atoms with E-state index < -0.39 is 0 Å². The molecular weight excluding hydrogens is 767 g/mol. The summed E-state index contributed by atoms with van der Waals surface area (Å²) in [6, 6.07) is 86.7. The minimum absolute atomic E-state index is 1.11. The third-order valence-corrected chi connectivity index (χ3v) is 13.7. The fourth-order valence-corrected chi connectivity index (χ4v) is 10.9. The van der Waals surface area contributed by atoms with Gasteiger partial charge in [0.15, 0.2) is 0 Å². The van der Waals surface area contributed by atoms with Crippen molar-refractivity contribution in [1.29, 1.82) is 0 Å². The zero-order valence-electron chi connectivity index (χ0n) is 33.9. The quantitative estimate of drug-likeness (QED) is 0.145. The van der Waals surface area contributed by atoms with Crippen molar-refractivity contribution in [1.82, 2.24) is 0 Å². The fourth-order valence-electron chi connectivity index (χ4n) is 9.65. The molecule has 62 heavy (non-hydrogen) atoms. The first-order chi connectivity index (χ1) is 30.8.